The van der Waals surface area contributed by atoms with Crippen molar-refractivity contribution in [3.05, 3.63) is 11.1 Å². The van der Waals surface area contributed by atoms with Gasteiger partial charge in [0.15, 0.2) is 5.13 Å². The summed E-state index contributed by atoms with van der Waals surface area (Å²) in [6.45, 7) is 7.53. The Hall–Kier alpha value is -0.650. The van der Waals surface area contributed by atoms with Crippen LogP contribution in [0.3, 0.4) is 0 Å². The summed E-state index contributed by atoms with van der Waals surface area (Å²) in [5.74, 6) is 0. The molecule has 4 nitrogen and oxygen atoms in total. The van der Waals surface area contributed by atoms with E-state index < -0.39 is 0 Å². The second kappa shape index (κ2) is 5.33. The summed E-state index contributed by atoms with van der Waals surface area (Å²) in [7, 11) is 2.21. The molecule has 0 spiro atoms. The smallest absolute Gasteiger partial charge is 0.185 e. The van der Waals surface area contributed by atoms with Crippen LogP contribution in [0.1, 0.15) is 31.2 Å². The highest BCUT2D eigenvalue weighted by Crippen LogP contribution is 2.27. The number of hydrogen-bond acceptors (Lipinski definition) is 5. The first kappa shape index (κ1) is 12.8. The third-order valence-corrected chi connectivity index (χ3v) is 4.74. The molecule has 0 amide bonds. The van der Waals surface area contributed by atoms with Gasteiger partial charge in [0.25, 0.3) is 0 Å². The minimum atomic E-state index is 0.0932. The quantitative estimate of drug-likeness (QED) is 0.891. The van der Waals surface area contributed by atoms with Gasteiger partial charge in [0, 0.05) is 42.8 Å². The lowest BCUT2D eigenvalue weighted by Crippen LogP contribution is -2.51. The fraction of sp³-hybridized carbons (Fsp3) is 0.750. The molecule has 1 saturated heterocycles. The van der Waals surface area contributed by atoms with Crippen LogP contribution in [0.5, 0.6) is 0 Å². The maximum absolute atomic E-state index is 5.88. The first-order chi connectivity index (χ1) is 8.11. The van der Waals surface area contributed by atoms with Gasteiger partial charge >= 0.3 is 0 Å². The Kier molecular flexibility index (Phi) is 4.01. The van der Waals surface area contributed by atoms with E-state index >= 15 is 0 Å². The molecule has 1 aliphatic heterocycles. The Labute approximate surface area is 107 Å². The summed E-state index contributed by atoms with van der Waals surface area (Å²) in [5, 5.41) is 1.13. The van der Waals surface area contributed by atoms with Gasteiger partial charge in [-0.2, -0.15) is 0 Å². The van der Waals surface area contributed by atoms with E-state index in [9.17, 15) is 0 Å². The van der Waals surface area contributed by atoms with Crippen molar-refractivity contribution in [3.63, 3.8) is 0 Å². The zero-order valence-electron chi connectivity index (χ0n) is 10.9. The summed E-state index contributed by atoms with van der Waals surface area (Å²) < 4.78 is 0. The fourth-order valence-electron chi connectivity index (χ4n) is 2.19. The molecule has 0 radical (unpaired) electrons. The van der Waals surface area contributed by atoms with Crippen molar-refractivity contribution in [2.75, 3.05) is 31.6 Å². The van der Waals surface area contributed by atoms with Gasteiger partial charge in [0.2, 0.25) is 0 Å². The number of rotatable bonds is 3. The first-order valence-corrected chi connectivity index (χ1v) is 7.10. The summed E-state index contributed by atoms with van der Waals surface area (Å²) in [6.07, 6.45) is 3.11. The lowest BCUT2D eigenvalue weighted by molar-refractivity contribution is 0.213. The highest BCUT2D eigenvalue weighted by atomic mass is 32.1. The van der Waals surface area contributed by atoms with Crippen LogP contribution in [0.15, 0.2) is 6.20 Å². The average Bonchev–Trinajstić information content (AvgIpc) is 2.79. The van der Waals surface area contributed by atoms with Gasteiger partial charge in [0.1, 0.15) is 0 Å². The van der Waals surface area contributed by atoms with Crippen molar-refractivity contribution in [1.82, 2.24) is 9.88 Å². The normalized spacial score (nSPS) is 24.0. The number of likely N-dealkylation sites (N-methyl/N-ethyl adjacent to an activating group) is 1. The standard InChI is InChI=1S/C12H22N4S/c1-4-10-8-16(6-5-15(10)3)12-14-7-11(17-12)9(2)13/h7,9-10H,4-6,8,13H2,1-3H3. The van der Waals surface area contributed by atoms with E-state index in [-0.39, 0.29) is 6.04 Å². The molecule has 0 bridgehead atoms. The Morgan fingerprint density at radius 2 is 2.35 bits per heavy atom. The van der Waals surface area contributed by atoms with Crippen LogP contribution in [-0.2, 0) is 0 Å². The van der Waals surface area contributed by atoms with E-state index in [1.165, 1.54) is 11.3 Å². The van der Waals surface area contributed by atoms with Crippen molar-refractivity contribution >= 4 is 16.5 Å². The Morgan fingerprint density at radius 3 is 2.94 bits per heavy atom. The maximum atomic E-state index is 5.88. The summed E-state index contributed by atoms with van der Waals surface area (Å²) in [6, 6.07) is 0.738. The molecule has 1 aromatic rings. The predicted octanol–water partition coefficient (Wildman–Crippen LogP) is 1.69. The molecule has 0 saturated carbocycles. The third kappa shape index (κ3) is 2.78. The lowest BCUT2D eigenvalue weighted by atomic mass is 10.1. The van der Waals surface area contributed by atoms with Crippen molar-refractivity contribution in [1.29, 1.82) is 0 Å². The largest absolute Gasteiger partial charge is 0.345 e. The van der Waals surface area contributed by atoms with E-state index in [0.717, 1.165) is 24.8 Å². The van der Waals surface area contributed by atoms with E-state index in [0.29, 0.717) is 6.04 Å². The summed E-state index contributed by atoms with van der Waals surface area (Å²) in [5.41, 5.74) is 5.88. The molecule has 1 aliphatic rings. The predicted molar refractivity (Wildman–Crippen MR) is 73.6 cm³/mol. The third-order valence-electron chi connectivity index (χ3n) is 3.48. The molecule has 5 heteroatoms. The van der Waals surface area contributed by atoms with E-state index in [1.54, 1.807) is 11.3 Å². The Balaban J connectivity index is 2.06. The number of nitrogens with two attached hydrogens (primary N) is 1. The van der Waals surface area contributed by atoms with Gasteiger partial charge in [-0.25, -0.2) is 4.98 Å². The lowest BCUT2D eigenvalue weighted by Gasteiger charge is -2.39. The van der Waals surface area contributed by atoms with Gasteiger partial charge in [-0.15, -0.1) is 11.3 Å². The Morgan fingerprint density at radius 1 is 1.59 bits per heavy atom. The van der Waals surface area contributed by atoms with Gasteiger partial charge in [-0.3, -0.25) is 4.90 Å². The molecule has 2 rings (SSSR count). The zero-order chi connectivity index (χ0) is 12.4. The molecule has 2 N–H and O–H groups in total. The molecular weight excluding hydrogens is 232 g/mol. The van der Waals surface area contributed by atoms with Crippen LogP contribution < -0.4 is 10.6 Å². The molecule has 0 aliphatic carbocycles. The van der Waals surface area contributed by atoms with Crippen LogP contribution in [0.4, 0.5) is 5.13 Å². The molecule has 17 heavy (non-hydrogen) atoms. The van der Waals surface area contributed by atoms with Gasteiger partial charge in [-0.1, -0.05) is 6.92 Å². The zero-order valence-corrected chi connectivity index (χ0v) is 11.7. The fourth-order valence-corrected chi connectivity index (χ4v) is 3.10. The Bertz CT molecular complexity index is 363. The molecule has 96 valence electrons. The van der Waals surface area contributed by atoms with Crippen molar-refractivity contribution in [3.8, 4) is 0 Å². The molecule has 2 unspecified atom stereocenters. The summed E-state index contributed by atoms with van der Waals surface area (Å²) >= 11 is 1.73. The minimum absolute atomic E-state index is 0.0932. The van der Waals surface area contributed by atoms with Gasteiger partial charge < -0.3 is 10.6 Å². The second-order valence-electron chi connectivity index (χ2n) is 4.82. The maximum Gasteiger partial charge on any atom is 0.185 e. The minimum Gasteiger partial charge on any atom is -0.345 e. The molecule has 1 aromatic heterocycles. The van der Waals surface area contributed by atoms with Crippen LogP contribution in [-0.4, -0.2) is 42.6 Å². The molecule has 2 heterocycles. The van der Waals surface area contributed by atoms with Crippen LogP contribution in [0, 0.1) is 0 Å². The molecule has 2 atom stereocenters. The van der Waals surface area contributed by atoms with E-state index in [1.807, 2.05) is 13.1 Å². The van der Waals surface area contributed by atoms with Gasteiger partial charge in [-0.05, 0) is 20.4 Å². The number of aromatic nitrogens is 1. The molecular formula is C12H22N4S. The summed E-state index contributed by atoms with van der Waals surface area (Å²) in [4.78, 5) is 10.5. The number of anilines is 1. The van der Waals surface area contributed by atoms with E-state index in [2.05, 4.69) is 28.8 Å². The molecule has 0 aromatic carbocycles. The highest BCUT2D eigenvalue weighted by molar-refractivity contribution is 7.15. The molecule has 1 fully saturated rings. The SMILES string of the molecule is CCC1CN(c2ncc(C(C)N)s2)CCN1C. The first-order valence-electron chi connectivity index (χ1n) is 6.28. The number of piperazine rings is 1. The number of hydrogen-bond donors (Lipinski definition) is 1. The highest BCUT2D eigenvalue weighted by Gasteiger charge is 2.24. The second-order valence-corrected chi connectivity index (χ2v) is 5.86. The van der Waals surface area contributed by atoms with Crippen molar-refractivity contribution in [2.45, 2.75) is 32.4 Å². The van der Waals surface area contributed by atoms with Crippen LogP contribution in [0.2, 0.25) is 0 Å². The number of thiazole rings is 1. The van der Waals surface area contributed by atoms with E-state index in [4.69, 9.17) is 5.73 Å². The van der Waals surface area contributed by atoms with Gasteiger partial charge in [0.05, 0.1) is 0 Å². The number of nitrogens with zero attached hydrogens (tertiary/aromatic N) is 3. The topological polar surface area (TPSA) is 45.4 Å². The van der Waals surface area contributed by atoms with Crippen LogP contribution in [0.25, 0.3) is 0 Å². The average molecular weight is 254 g/mol. The monoisotopic (exact) mass is 254 g/mol. The van der Waals surface area contributed by atoms with Crippen molar-refractivity contribution < 1.29 is 0 Å². The van der Waals surface area contributed by atoms with Crippen LogP contribution >= 0.6 is 11.3 Å². The van der Waals surface area contributed by atoms with Crippen molar-refractivity contribution in [2.24, 2.45) is 5.73 Å².